The lowest BCUT2D eigenvalue weighted by atomic mass is 9.97. The Morgan fingerprint density at radius 1 is 1.17 bits per heavy atom. The van der Waals surface area contributed by atoms with Crippen molar-refractivity contribution in [3.8, 4) is 0 Å². The lowest BCUT2D eigenvalue weighted by Crippen LogP contribution is -2.09. The normalized spacial score (nSPS) is 14.3. The second-order valence-electron chi connectivity index (χ2n) is 5.78. The van der Waals surface area contributed by atoms with Crippen LogP contribution in [0, 0.1) is 0 Å². The van der Waals surface area contributed by atoms with Crippen molar-refractivity contribution in [2.75, 3.05) is 17.6 Å². The number of nitrogens with two attached hydrogens (primary N) is 1. The molecule has 1 aliphatic carbocycles. The maximum Gasteiger partial charge on any atom is 0.153 e. The first-order valence-electron chi connectivity index (χ1n) is 8.18. The Labute approximate surface area is 151 Å². The number of aromatic nitrogens is 2. The number of hydrogen-bond acceptors (Lipinski definition) is 5. The Morgan fingerprint density at radius 3 is 2.75 bits per heavy atom. The standard InChI is InChI=1S/C18H21ClN4S/c19-14-6-8-15(9-7-14)24-18-16(20)17(22-12-23-18)21-11-10-13-4-2-1-3-5-13/h4,6-9,12H,1-3,5,10-11,20H2,(H,21,22,23). The highest BCUT2D eigenvalue weighted by atomic mass is 35.5. The van der Waals surface area contributed by atoms with Gasteiger partial charge in [0.1, 0.15) is 17.0 Å². The molecule has 126 valence electrons. The molecule has 0 saturated carbocycles. The van der Waals surface area contributed by atoms with Crippen LogP contribution in [-0.2, 0) is 0 Å². The van der Waals surface area contributed by atoms with Crippen LogP contribution < -0.4 is 11.1 Å². The molecular weight excluding hydrogens is 340 g/mol. The molecule has 0 unspecified atom stereocenters. The fourth-order valence-corrected chi connectivity index (χ4v) is 3.62. The summed E-state index contributed by atoms with van der Waals surface area (Å²) in [5.74, 6) is 0.706. The van der Waals surface area contributed by atoms with Gasteiger partial charge in [-0.15, -0.1) is 0 Å². The van der Waals surface area contributed by atoms with Crippen LogP contribution in [0.3, 0.4) is 0 Å². The van der Waals surface area contributed by atoms with E-state index >= 15 is 0 Å². The summed E-state index contributed by atoms with van der Waals surface area (Å²) in [6, 6.07) is 7.63. The van der Waals surface area contributed by atoms with Gasteiger partial charge >= 0.3 is 0 Å². The molecule has 1 aromatic heterocycles. The van der Waals surface area contributed by atoms with Crippen molar-refractivity contribution >= 4 is 34.9 Å². The Morgan fingerprint density at radius 2 is 2.00 bits per heavy atom. The predicted octanol–water partition coefficient (Wildman–Crippen LogP) is 5.17. The van der Waals surface area contributed by atoms with Crippen molar-refractivity contribution in [1.82, 2.24) is 9.97 Å². The van der Waals surface area contributed by atoms with Gasteiger partial charge in [-0.1, -0.05) is 35.0 Å². The zero-order valence-corrected chi connectivity index (χ0v) is 15.0. The van der Waals surface area contributed by atoms with Crippen LogP contribution >= 0.6 is 23.4 Å². The first-order valence-corrected chi connectivity index (χ1v) is 9.37. The second-order valence-corrected chi connectivity index (χ2v) is 7.28. The number of allylic oxidation sites excluding steroid dienone is 1. The Hall–Kier alpha value is -1.72. The predicted molar refractivity (Wildman–Crippen MR) is 102 cm³/mol. The topological polar surface area (TPSA) is 63.8 Å². The number of hydrogen-bond donors (Lipinski definition) is 2. The number of anilines is 2. The Kier molecular flexibility index (Phi) is 5.99. The van der Waals surface area contributed by atoms with Gasteiger partial charge in [-0.25, -0.2) is 9.97 Å². The summed E-state index contributed by atoms with van der Waals surface area (Å²) in [6.07, 6.45) is 10.0. The summed E-state index contributed by atoms with van der Waals surface area (Å²) >= 11 is 7.43. The van der Waals surface area contributed by atoms with E-state index in [4.69, 9.17) is 17.3 Å². The number of nitrogens with zero attached hydrogens (tertiary/aromatic N) is 2. The van der Waals surface area contributed by atoms with Crippen LogP contribution in [0.5, 0.6) is 0 Å². The summed E-state index contributed by atoms with van der Waals surface area (Å²) in [6.45, 7) is 0.845. The van der Waals surface area contributed by atoms with Crippen LogP contribution in [0.25, 0.3) is 0 Å². The third kappa shape index (κ3) is 4.65. The molecule has 1 heterocycles. The highest BCUT2D eigenvalue weighted by Gasteiger charge is 2.10. The fourth-order valence-electron chi connectivity index (χ4n) is 2.69. The first-order chi connectivity index (χ1) is 11.7. The molecule has 2 aromatic rings. The zero-order chi connectivity index (χ0) is 16.8. The molecule has 3 N–H and O–H groups in total. The molecule has 6 heteroatoms. The van der Waals surface area contributed by atoms with E-state index in [-0.39, 0.29) is 0 Å². The van der Waals surface area contributed by atoms with E-state index in [1.165, 1.54) is 43.0 Å². The van der Waals surface area contributed by atoms with Crippen LogP contribution in [-0.4, -0.2) is 16.5 Å². The minimum absolute atomic E-state index is 0.593. The van der Waals surface area contributed by atoms with Gasteiger partial charge in [0, 0.05) is 16.5 Å². The van der Waals surface area contributed by atoms with E-state index in [9.17, 15) is 0 Å². The highest BCUT2D eigenvalue weighted by molar-refractivity contribution is 7.99. The summed E-state index contributed by atoms with van der Waals surface area (Å²) in [5, 5.41) is 4.82. The van der Waals surface area contributed by atoms with Crippen molar-refractivity contribution in [3.63, 3.8) is 0 Å². The molecule has 1 aliphatic rings. The van der Waals surface area contributed by atoms with E-state index in [0.717, 1.165) is 27.9 Å². The van der Waals surface area contributed by atoms with Crippen LogP contribution in [0.1, 0.15) is 32.1 Å². The van der Waals surface area contributed by atoms with Crippen LogP contribution in [0.2, 0.25) is 5.02 Å². The van der Waals surface area contributed by atoms with E-state index in [2.05, 4.69) is 21.4 Å². The highest BCUT2D eigenvalue weighted by Crippen LogP contribution is 2.33. The van der Waals surface area contributed by atoms with Gasteiger partial charge in [0.2, 0.25) is 0 Å². The molecule has 0 atom stereocenters. The molecule has 3 rings (SSSR count). The van der Waals surface area contributed by atoms with Crippen molar-refractivity contribution in [2.45, 2.75) is 42.0 Å². The SMILES string of the molecule is Nc1c(NCCC2=CCCCC2)ncnc1Sc1ccc(Cl)cc1. The summed E-state index contributed by atoms with van der Waals surface area (Å²) < 4.78 is 0. The number of benzene rings is 1. The van der Waals surface area contributed by atoms with Gasteiger partial charge < -0.3 is 11.1 Å². The fraction of sp³-hybridized carbons (Fsp3) is 0.333. The second kappa shape index (κ2) is 8.40. The lowest BCUT2D eigenvalue weighted by molar-refractivity contribution is 0.679. The third-order valence-electron chi connectivity index (χ3n) is 4.00. The van der Waals surface area contributed by atoms with Gasteiger partial charge in [-0.2, -0.15) is 0 Å². The minimum atomic E-state index is 0.593. The summed E-state index contributed by atoms with van der Waals surface area (Å²) in [4.78, 5) is 9.62. The van der Waals surface area contributed by atoms with Gasteiger partial charge in [0.25, 0.3) is 0 Å². The average Bonchev–Trinajstić information content (AvgIpc) is 2.61. The molecule has 0 aliphatic heterocycles. The minimum Gasteiger partial charge on any atom is -0.394 e. The largest absolute Gasteiger partial charge is 0.394 e. The monoisotopic (exact) mass is 360 g/mol. The quantitative estimate of drug-likeness (QED) is 0.549. The summed E-state index contributed by atoms with van der Waals surface area (Å²) in [7, 11) is 0. The van der Waals surface area contributed by atoms with Crippen molar-refractivity contribution in [2.24, 2.45) is 0 Å². The van der Waals surface area contributed by atoms with E-state index in [1.54, 1.807) is 6.33 Å². The van der Waals surface area contributed by atoms with Crippen molar-refractivity contribution in [1.29, 1.82) is 0 Å². The van der Waals surface area contributed by atoms with Crippen LogP contribution in [0.4, 0.5) is 11.5 Å². The van der Waals surface area contributed by atoms with Gasteiger partial charge in [0.15, 0.2) is 5.82 Å². The summed E-state index contributed by atoms with van der Waals surface area (Å²) in [5.41, 5.74) is 8.36. The maximum atomic E-state index is 6.23. The molecule has 4 nitrogen and oxygen atoms in total. The third-order valence-corrected chi connectivity index (χ3v) is 5.28. The lowest BCUT2D eigenvalue weighted by Gasteiger charge is -2.14. The smallest absolute Gasteiger partial charge is 0.153 e. The molecular formula is C18H21ClN4S. The molecule has 0 saturated heterocycles. The number of nitrogen functional groups attached to an aromatic ring is 1. The molecule has 0 bridgehead atoms. The first kappa shape index (κ1) is 17.1. The molecule has 24 heavy (non-hydrogen) atoms. The van der Waals surface area contributed by atoms with E-state index in [0.29, 0.717) is 11.5 Å². The van der Waals surface area contributed by atoms with Gasteiger partial charge in [-0.3, -0.25) is 0 Å². The molecule has 0 spiro atoms. The Bertz CT molecular complexity index is 715. The van der Waals surface area contributed by atoms with Gasteiger partial charge in [-0.05, 0) is 56.4 Å². The zero-order valence-electron chi connectivity index (χ0n) is 13.5. The van der Waals surface area contributed by atoms with E-state index < -0.39 is 0 Å². The Balaban J connectivity index is 1.62. The van der Waals surface area contributed by atoms with E-state index in [1.807, 2.05) is 24.3 Å². The van der Waals surface area contributed by atoms with Crippen molar-refractivity contribution < 1.29 is 0 Å². The van der Waals surface area contributed by atoms with Gasteiger partial charge in [0.05, 0.1) is 0 Å². The molecule has 0 radical (unpaired) electrons. The molecule has 0 fully saturated rings. The number of halogens is 1. The molecule has 0 amide bonds. The number of nitrogens with one attached hydrogen (secondary N) is 1. The maximum absolute atomic E-state index is 6.23. The average molecular weight is 361 g/mol. The van der Waals surface area contributed by atoms with Crippen molar-refractivity contribution in [3.05, 3.63) is 47.3 Å². The number of rotatable bonds is 6. The van der Waals surface area contributed by atoms with Crippen LogP contribution in [0.15, 0.2) is 52.2 Å². The molecule has 1 aromatic carbocycles.